The van der Waals surface area contributed by atoms with E-state index in [0.717, 1.165) is 12.3 Å². The number of aromatic nitrogens is 1. The highest BCUT2D eigenvalue weighted by Crippen LogP contribution is 2.47. The Bertz CT molecular complexity index is 1520. The Morgan fingerprint density at radius 1 is 1.25 bits per heavy atom. The molecule has 3 aromatic rings. The van der Waals surface area contributed by atoms with Crippen molar-refractivity contribution in [1.29, 1.82) is 0 Å². The molecule has 0 radical (unpaired) electrons. The maximum absolute atomic E-state index is 14.9. The fourth-order valence-corrected chi connectivity index (χ4v) is 4.87. The molecule has 4 rings (SSSR count). The molecule has 2 aromatic carbocycles. The Morgan fingerprint density at radius 2 is 1.94 bits per heavy atom. The lowest BCUT2D eigenvalue weighted by Gasteiger charge is -2.29. The van der Waals surface area contributed by atoms with Gasteiger partial charge < -0.3 is 21.3 Å². The monoisotopic (exact) mass is 537 g/mol. The number of fused-ring (bicyclic) bond motifs is 1. The summed E-state index contributed by atoms with van der Waals surface area (Å²) in [6.45, 7) is 0.845. The molecule has 1 amide bonds. The first-order valence-corrected chi connectivity index (χ1v) is 12.9. The van der Waals surface area contributed by atoms with Crippen LogP contribution >= 0.6 is 11.6 Å². The van der Waals surface area contributed by atoms with Crippen molar-refractivity contribution < 1.29 is 31.8 Å². The molecule has 1 aliphatic rings. The number of hydrogen-bond donors (Lipinski definition) is 3. The molecule has 2 atom stereocenters. The predicted molar refractivity (Wildman–Crippen MR) is 128 cm³/mol. The van der Waals surface area contributed by atoms with E-state index in [-0.39, 0.29) is 45.3 Å². The third-order valence-electron chi connectivity index (χ3n) is 6.34. The number of sulfone groups is 1. The van der Waals surface area contributed by atoms with Crippen molar-refractivity contribution in [2.24, 2.45) is 11.5 Å². The molecule has 2 heterocycles. The molecule has 190 valence electrons. The minimum absolute atomic E-state index is 0.00545. The molecule has 0 saturated carbocycles. The first-order valence-electron chi connectivity index (χ1n) is 10.6. The van der Waals surface area contributed by atoms with Gasteiger partial charge in [-0.15, -0.1) is 0 Å². The summed E-state index contributed by atoms with van der Waals surface area (Å²) >= 11 is 5.90. The van der Waals surface area contributed by atoms with Gasteiger partial charge >= 0.3 is 0 Å². The van der Waals surface area contributed by atoms with Gasteiger partial charge in [-0.05, 0) is 36.8 Å². The standard InChI is InChI=1S/C24H22ClF2N3O5S/c1-23(22(29)31)11-35-21-15(23)8-19(30-20(21)14-7-16(25)18(27)9-17(14)26)24(32,10-28)12-4-3-5-13(6-12)36(2,33)34/h3-9,32H,10-11,28H2,1-2H3,(H2,29,31)/t23-,24+/m0/s1. The third-order valence-corrected chi connectivity index (χ3v) is 7.74. The zero-order chi connectivity index (χ0) is 26.6. The van der Waals surface area contributed by atoms with Gasteiger partial charge in [-0.3, -0.25) is 4.79 Å². The number of nitrogens with zero attached hydrogens (tertiary/aromatic N) is 1. The summed E-state index contributed by atoms with van der Waals surface area (Å²) in [7, 11) is -3.63. The Kier molecular flexibility index (Phi) is 6.32. The number of benzene rings is 2. The van der Waals surface area contributed by atoms with Crippen LogP contribution in [-0.2, 0) is 25.6 Å². The van der Waals surface area contributed by atoms with Crippen LogP contribution in [0.25, 0.3) is 11.3 Å². The molecule has 0 aliphatic carbocycles. The number of aliphatic hydroxyl groups is 1. The number of rotatable bonds is 6. The Hall–Kier alpha value is -3.12. The van der Waals surface area contributed by atoms with Gasteiger partial charge in [0.2, 0.25) is 5.91 Å². The van der Waals surface area contributed by atoms with Crippen molar-refractivity contribution in [2.75, 3.05) is 19.4 Å². The van der Waals surface area contributed by atoms with Gasteiger partial charge in [0.1, 0.15) is 40.7 Å². The normalized spacial score (nSPS) is 18.9. The maximum atomic E-state index is 14.9. The lowest BCUT2D eigenvalue weighted by Crippen LogP contribution is -2.41. The van der Waals surface area contributed by atoms with Crippen molar-refractivity contribution >= 4 is 27.3 Å². The maximum Gasteiger partial charge on any atom is 0.231 e. The molecular formula is C24H22ClF2N3O5S. The fourth-order valence-electron chi connectivity index (χ4n) is 4.04. The van der Waals surface area contributed by atoms with Crippen LogP contribution in [0.1, 0.15) is 23.7 Å². The number of carbonyl (C=O) groups is 1. The number of ether oxygens (including phenoxy) is 1. The Balaban J connectivity index is 2.05. The fraction of sp³-hybridized carbons (Fsp3) is 0.250. The first kappa shape index (κ1) is 26.0. The van der Waals surface area contributed by atoms with Gasteiger partial charge in [-0.2, -0.15) is 0 Å². The quantitative estimate of drug-likeness (QED) is 0.409. The zero-order valence-electron chi connectivity index (χ0n) is 19.2. The van der Waals surface area contributed by atoms with Crippen LogP contribution in [0.3, 0.4) is 0 Å². The number of hydrogen-bond acceptors (Lipinski definition) is 7. The summed E-state index contributed by atoms with van der Waals surface area (Å²) in [6.07, 6.45) is 1.01. The summed E-state index contributed by atoms with van der Waals surface area (Å²) in [6, 6.07) is 8.42. The molecule has 5 N–H and O–H groups in total. The van der Waals surface area contributed by atoms with Gasteiger partial charge in [0.05, 0.1) is 15.6 Å². The van der Waals surface area contributed by atoms with Gasteiger partial charge in [0.25, 0.3) is 0 Å². The average Bonchev–Trinajstić information content (AvgIpc) is 3.18. The van der Waals surface area contributed by atoms with Crippen LogP contribution in [0.15, 0.2) is 47.4 Å². The summed E-state index contributed by atoms with van der Waals surface area (Å²) in [4.78, 5) is 16.7. The summed E-state index contributed by atoms with van der Waals surface area (Å²) in [5.74, 6) is -2.76. The molecule has 1 aromatic heterocycles. The van der Waals surface area contributed by atoms with E-state index in [9.17, 15) is 27.1 Å². The second-order valence-corrected chi connectivity index (χ2v) is 11.3. The molecule has 0 unspecified atom stereocenters. The number of pyridine rings is 1. The lowest BCUT2D eigenvalue weighted by atomic mass is 9.81. The minimum atomic E-state index is -3.63. The molecule has 0 spiro atoms. The molecule has 12 heteroatoms. The minimum Gasteiger partial charge on any atom is -0.489 e. The molecule has 36 heavy (non-hydrogen) atoms. The second kappa shape index (κ2) is 8.77. The van der Waals surface area contributed by atoms with Gasteiger partial charge in [-0.1, -0.05) is 23.7 Å². The van der Waals surface area contributed by atoms with Gasteiger partial charge in [-0.25, -0.2) is 22.2 Å². The van der Waals surface area contributed by atoms with Crippen LogP contribution in [0, 0.1) is 11.6 Å². The Morgan fingerprint density at radius 3 is 2.56 bits per heavy atom. The molecular weight excluding hydrogens is 516 g/mol. The summed E-state index contributed by atoms with van der Waals surface area (Å²) in [5, 5.41) is 11.3. The van der Waals surface area contributed by atoms with Crippen LogP contribution in [-0.4, -0.2) is 43.8 Å². The summed E-state index contributed by atoms with van der Waals surface area (Å²) < 4.78 is 58.7. The lowest BCUT2D eigenvalue weighted by molar-refractivity contribution is -0.123. The van der Waals surface area contributed by atoms with E-state index >= 15 is 0 Å². The van der Waals surface area contributed by atoms with Crippen LogP contribution in [0.4, 0.5) is 8.78 Å². The van der Waals surface area contributed by atoms with Crippen molar-refractivity contribution in [3.05, 3.63) is 75.9 Å². The molecule has 0 saturated heterocycles. The van der Waals surface area contributed by atoms with E-state index in [1.807, 2.05) is 0 Å². The molecule has 0 bridgehead atoms. The second-order valence-electron chi connectivity index (χ2n) is 8.83. The van der Waals surface area contributed by atoms with Crippen molar-refractivity contribution in [3.8, 4) is 17.0 Å². The average molecular weight is 538 g/mol. The van der Waals surface area contributed by atoms with E-state index in [1.54, 1.807) is 0 Å². The Labute approximate surface area is 210 Å². The van der Waals surface area contributed by atoms with E-state index < -0.39 is 50.0 Å². The summed E-state index contributed by atoms with van der Waals surface area (Å²) in [5.41, 5.74) is 7.86. The number of carbonyl (C=O) groups excluding carboxylic acids is 1. The van der Waals surface area contributed by atoms with E-state index in [1.165, 1.54) is 37.3 Å². The van der Waals surface area contributed by atoms with Crippen molar-refractivity contribution in [3.63, 3.8) is 0 Å². The predicted octanol–water partition coefficient (Wildman–Crippen LogP) is 2.41. The molecule has 1 aliphatic heterocycles. The third kappa shape index (κ3) is 4.11. The highest BCUT2D eigenvalue weighted by molar-refractivity contribution is 7.90. The van der Waals surface area contributed by atoms with Crippen LogP contribution in [0.2, 0.25) is 5.02 Å². The van der Waals surface area contributed by atoms with Crippen molar-refractivity contribution in [1.82, 2.24) is 4.98 Å². The SMILES string of the molecule is C[C@]1(C(N)=O)COc2c1cc([C@@](O)(CN)c1cccc(S(C)(=O)=O)c1)nc2-c1cc(Cl)c(F)cc1F. The van der Waals surface area contributed by atoms with Crippen LogP contribution in [0.5, 0.6) is 5.75 Å². The number of nitrogens with two attached hydrogens (primary N) is 2. The van der Waals surface area contributed by atoms with E-state index in [0.29, 0.717) is 6.07 Å². The van der Waals surface area contributed by atoms with Crippen LogP contribution < -0.4 is 16.2 Å². The van der Waals surface area contributed by atoms with Gasteiger partial charge in [0, 0.05) is 30.0 Å². The highest BCUT2D eigenvalue weighted by Gasteiger charge is 2.46. The number of amides is 1. The smallest absolute Gasteiger partial charge is 0.231 e. The van der Waals surface area contributed by atoms with Gasteiger partial charge in [0.15, 0.2) is 9.84 Å². The van der Waals surface area contributed by atoms with Crippen molar-refractivity contribution in [2.45, 2.75) is 22.8 Å². The van der Waals surface area contributed by atoms with E-state index in [4.69, 9.17) is 27.8 Å². The van der Waals surface area contributed by atoms with E-state index in [2.05, 4.69) is 4.98 Å². The molecule has 0 fully saturated rings. The topological polar surface area (TPSA) is 146 Å². The first-order chi connectivity index (χ1) is 16.7. The molecule has 8 nitrogen and oxygen atoms in total. The number of primary amides is 1. The zero-order valence-corrected chi connectivity index (χ0v) is 20.8. The highest BCUT2D eigenvalue weighted by atomic mass is 35.5. The largest absolute Gasteiger partial charge is 0.489 e. The number of halogens is 3.